The second kappa shape index (κ2) is 9.41. The Morgan fingerprint density at radius 1 is 0.821 bits per heavy atom. The van der Waals surface area contributed by atoms with Crippen molar-refractivity contribution < 1.29 is 14.0 Å². The van der Waals surface area contributed by atoms with Gasteiger partial charge >= 0.3 is 0 Å². The van der Waals surface area contributed by atoms with Gasteiger partial charge in [0.1, 0.15) is 5.82 Å². The maximum atomic E-state index is 12.9. The van der Waals surface area contributed by atoms with E-state index in [1.54, 1.807) is 42.6 Å². The zero-order valence-corrected chi connectivity index (χ0v) is 15.2. The molecule has 0 aliphatic rings. The van der Waals surface area contributed by atoms with Crippen LogP contribution in [0.3, 0.4) is 0 Å². The van der Waals surface area contributed by atoms with Crippen molar-refractivity contribution in [3.05, 3.63) is 101 Å². The molecule has 1 aromatic heterocycles. The molecule has 0 fully saturated rings. The second-order valence-corrected chi connectivity index (χ2v) is 6.21. The Hall–Kier alpha value is -3.54. The molecule has 3 rings (SSSR count). The number of hydrogen-bond acceptors (Lipinski definition) is 3. The Balaban J connectivity index is 1.48. The summed E-state index contributed by atoms with van der Waals surface area (Å²) in [5.74, 6) is -0.728. The van der Waals surface area contributed by atoms with Crippen LogP contribution in [0.25, 0.3) is 0 Å². The van der Waals surface area contributed by atoms with Gasteiger partial charge in [0, 0.05) is 23.9 Å². The summed E-state index contributed by atoms with van der Waals surface area (Å²) in [5, 5.41) is 5.61. The normalized spacial score (nSPS) is 10.3. The number of rotatable bonds is 7. The molecular formula is C22H20FN3O2. The monoisotopic (exact) mass is 377 g/mol. The van der Waals surface area contributed by atoms with Gasteiger partial charge in [-0.3, -0.25) is 14.6 Å². The van der Waals surface area contributed by atoms with Gasteiger partial charge in [-0.2, -0.15) is 0 Å². The zero-order valence-electron chi connectivity index (χ0n) is 15.2. The number of halogens is 1. The van der Waals surface area contributed by atoms with Crippen LogP contribution in [-0.4, -0.2) is 23.3 Å². The summed E-state index contributed by atoms with van der Waals surface area (Å²) in [4.78, 5) is 28.5. The Kier molecular flexibility index (Phi) is 6.46. The molecule has 0 atom stereocenters. The lowest BCUT2D eigenvalue weighted by molar-refractivity contribution is 0.0940. The fourth-order valence-corrected chi connectivity index (χ4v) is 2.62. The van der Waals surface area contributed by atoms with Crippen molar-refractivity contribution in [3.63, 3.8) is 0 Å². The lowest BCUT2D eigenvalue weighted by atomic mass is 10.1. The predicted octanol–water partition coefficient (Wildman–Crippen LogP) is 3.12. The first-order valence-electron chi connectivity index (χ1n) is 8.92. The molecule has 3 aromatic rings. The van der Waals surface area contributed by atoms with E-state index in [0.717, 1.165) is 11.3 Å². The first-order valence-corrected chi connectivity index (χ1v) is 8.92. The van der Waals surface area contributed by atoms with Crippen molar-refractivity contribution in [1.82, 2.24) is 15.6 Å². The third kappa shape index (κ3) is 5.48. The van der Waals surface area contributed by atoms with Gasteiger partial charge in [-0.1, -0.05) is 18.2 Å². The highest BCUT2D eigenvalue weighted by molar-refractivity contribution is 5.97. The van der Waals surface area contributed by atoms with Gasteiger partial charge in [0.2, 0.25) is 0 Å². The summed E-state index contributed by atoms with van der Waals surface area (Å²) in [5.41, 5.74) is 2.66. The third-order valence-electron chi connectivity index (χ3n) is 4.18. The third-order valence-corrected chi connectivity index (χ3v) is 4.18. The van der Waals surface area contributed by atoms with E-state index in [1.165, 1.54) is 12.1 Å². The highest BCUT2D eigenvalue weighted by Gasteiger charge is 2.09. The average molecular weight is 377 g/mol. The molecule has 2 N–H and O–H groups in total. The van der Waals surface area contributed by atoms with E-state index in [1.807, 2.05) is 18.2 Å². The summed E-state index contributed by atoms with van der Waals surface area (Å²) in [6, 6.07) is 18.1. The van der Waals surface area contributed by atoms with Crippen LogP contribution in [-0.2, 0) is 13.0 Å². The molecule has 0 aliphatic carbocycles. The number of carbonyl (C=O) groups excluding carboxylic acids is 2. The van der Waals surface area contributed by atoms with E-state index in [4.69, 9.17) is 0 Å². The highest BCUT2D eigenvalue weighted by atomic mass is 19.1. The Labute approximate surface area is 162 Å². The standard InChI is InChI=1S/C22H20FN3O2/c23-19-10-4-16(5-11-19)12-14-25-21(27)17-6-8-18(9-7-17)22(28)26-15-20-3-1-2-13-24-20/h1-11,13H,12,14-15H2,(H,25,27)(H,26,28). The number of amides is 2. The molecule has 142 valence electrons. The molecular weight excluding hydrogens is 357 g/mol. The van der Waals surface area contributed by atoms with Gasteiger partial charge in [0.05, 0.1) is 12.2 Å². The van der Waals surface area contributed by atoms with Crippen LogP contribution in [0.5, 0.6) is 0 Å². The van der Waals surface area contributed by atoms with Crippen LogP contribution < -0.4 is 10.6 Å². The first kappa shape index (κ1) is 19.2. The minimum absolute atomic E-state index is 0.220. The largest absolute Gasteiger partial charge is 0.352 e. The van der Waals surface area contributed by atoms with Crippen LogP contribution >= 0.6 is 0 Å². The molecule has 2 amide bonds. The fraction of sp³-hybridized carbons (Fsp3) is 0.136. The topological polar surface area (TPSA) is 71.1 Å². The first-order chi connectivity index (χ1) is 13.6. The molecule has 0 saturated heterocycles. The van der Waals surface area contributed by atoms with Gasteiger partial charge in [-0.25, -0.2) is 4.39 Å². The molecule has 0 bridgehead atoms. The highest BCUT2D eigenvalue weighted by Crippen LogP contribution is 2.06. The van der Waals surface area contributed by atoms with Crippen molar-refractivity contribution in [2.75, 3.05) is 6.54 Å². The number of hydrogen-bond donors (Lipinski definition) is 2. The quantitative estimate of drug-likeness (QED) is 0.665. The molecule has 1 heterocycles. The van der Waals surface area contributed by atoms with Crippen LogP contribution in [0.15, 0.2) is 72.9 Å². The predicted molar refractivity (Wildman–Crippen MR) is 104 cm³/mol. The van der Waals surface area contributed by atoms with Crippen LogP contribution in [0.4, 0.5) is 4.39 Å². The number of nitrogens with zero attached hydrogens (tertiary/aromatic N) is 1. The van der Waals surface area contributed by atoms with Crippen LogP contribution in [0.1, 0.15) is 32.0 Å². The maximum absolute atomic E-state index is 12.9. The van der Waals surface area contributed by atoms with E-state index in [2.05, 4.69) is 15.6 Å². The molecule has 0 saturated carbocycles. The summed E-state index contributed by atoms with van der Waals surface area (Å²) in [6.07, 6.45) is 2.28. The van der Waals surface area contributed by atoms with Gasteiger partial charge in [-0.05, 0) is 60.5 Å². The fourth-order valence-electron chi connectivity index (χ4n) is 2.62. The SMILES string of the molecule is O=C(NCCc1ccc(F)cc1)c1ccc(C(=O)NCc2ccccn2)cc1. The van der Waals surface area contributed by atoms with E-state index < -0.39 is 0 Å². The van der Waals surface area contributed by atoms with E-state index in [-0.39, 0.29) is 17.6 Å². The average Bonchev–Trinajstić information content (AvgIpc) is 2.74. The molecule has 0 unspecified atom stereocenters. The Morgan fingerprint density at radius 2 is 1.46 bits per heavy atom. The van der Waals surface area contributed by atoms with Crippen molar-refractivity contribution >= 4 is 11.8 Å². The summed E-state index contributed by atoms with van der Waals surface area (Å²) in [6.45, 7) is 0.780. The Morgan fingerprint density at radius 3 is 2.07 bits per heavy atom. The van der Waals surface area contributed by atoms with Gasteiger partial charge in [-0.15, -0.1) is 0 Å². The molecule has 0 aliphatic heterocycles. The van der Waals surface area contributed by atoms with E-state index >= 15 is 0 Å². The Bertz CT molecular complexity index is 926. The number of benzene rings is 2. The number of nitrogens with one attached hydrogen (secondary N) is 2. The molecule has 28 heavy (non-hydrogen) atoms. The minimum atomic E-state index is -0.281. The summed E-state index contributed by atoms with van der Waals surface area (Å²) >= 11 is 0. The van der Waals surface area contributed by atoms with Crippen molar-refractivity contribution in [2.24, 2.45) is 0 Å². The molecule has 2 aromatic carbocycles. The van der Waals surface area contributed by atoms with Crippen molar-refractivity contribution in [1.29, 1.82) is 0 Å². The lowest BCUT2D eigenvalue weighted by Crippen LogP contribution is -2.26. The van der Waals surface area contributed by atoms with Crippen LogP contribution in [0.2, 0.25) is 0 Å². The molecule has 5 nitrogen and oxygen atoms in total. The number of pyridine rings is 1. The van der Waals surface area contributed by atoms with Crippen LogP contribution in [0, 0.1) is 5.82 Å². The van der Waals surface area contributed by atoms with Gasteiger partial charge < -0.3 is 10.6 Å². The smallest absolute Gasteiger partial charge is 0.251 e. The van der Waals surface area contributed by atoms with Crippen molar-refractivity contribution in [3.8, 4) is 0 Å². The summed E-state index contributed by atoms with van der Waals surface area (Å²) in [7, 11) is 0. The maximum Gasteiger partial charge on any atom is 0.251 e. The zero-order chi connectivity index (χ0) is 19.8. The molecule has 6 heteroatoms. The minimum Gasteiger partial charge on any atom is -0.352 e. The second-order valence-electron chi connectivity index (χ2n) is 6.21. The van der Waals surface area contributed by atoms with E-state index in [9.17, 15) is 14.0 Å². The van der Waals surface area contributed by atoms with Gasteiger partial charge in [0.15, 0.2) is 0 Å². The number of carbonyl (C=O) groups is 2. The number of aromatic nitrogens is 1. The lowest BCUT2D eigenvalue weighted by Gasteiger charge is -2.07. The van der Waals surface area contributed by atoms with Crippen molar-refractivity contribution in [2.45, 2.75) is 13.0 Å². The van der Waals surface area contributed by atoms with E-state index in [0.29, 0.717) is 30.6 Å². The van der Waals surface area contributed by atoms with Gasteiger partial charge in [0.25, 0.3) is 11.8 Å². The molecule has 0 radical (unpaired) electrons. The molecule has 0 spiro atoms. The summed E-state index contributed by atoms with van der Waals surface area (Å²) < 4.78 is 12.9.